The van der Waals surface area contributed by atoms with E-state index in [1.165, 1.54) is 19.1 Å². The molecular weight excluding hydrogens is 314 g/mol. The Hall–Kier alpha value is -2.44. The summed E-state index contributed by atoms with van der Waals surface area (Å²) in [7, 11) is 3.02. The van der Waals surface area contributed by atoms with Gasteiger partial charge in [0.1, 0.15) is 31.1 Å². The van der Waals surface area contributed by atoms with Crippen LogP contribution in [0.2, 0.25) is 0 Å². The number of likely N-dealkylation sites (N-methyl/N-ethyl adjacent to an activating group) is 1. The van der Waals surface area contributed by atoms with Gasteiger partial charge in [0, 0.05) is 7.05 Å². The van der Waals surface area contributed by atoms with Crippen molar-refractivity contribution in [3.05, 3.63) is 17.7 Å². The Labute approximate surface area is 141 Å². The molecule has 0 saturated heterocycles. The van der Waals surface area contributed by atoms with Gasteiger partial charge in [-0.15, -0.1) is 0 Å². The Bertz CT molecular complexity index is 605. The van der Waals surface area contributed by atoms with E-state index in [0.29, 0.717) is 42.3 Å². The van der Waals surface area contributed by atoms with Crippen LogP contribution >= 0.6 is 0 Å². The number of hydrogen-bond donors (Lipinski definition) is 0. The number of fused-ring (bicyclic) bond motifs is 1. The maximum absolute atomic E-state index is 12.2. The smallest absolute Gasteiger partial charge is 0.410 e. The van der Waals surface area contributed by atoms with Crippen molar-refractivity contribution in [2.24, 2.45) is 0 Å². The number of amides is 1. The molecular formula is C17H23NO6. The van der Waals surface area contributed by atoms with Crippen LogP contribution in [0.15, 0.2) is 12.1 Å². The molecule has 0 spiro atoms. The number of hydrogen-bond acceptors (Lipinski definition) is 6. The van der Waals surface area contributed by atoms with Crippen LogP contribution in [-0.2, 0) is 9.53 Å². The van der Waals surface area contributed by atoms with Crippen molar-refractivity contribution in [3.63, 3.8) is 0 Å². The zero-order valence-electron chi connectivity index (χ0n) is 14.6. The highest BCUT2D eigenvalue weighted by atomic mass is 16.6. The molecule has 2 rings (SSSR count). The minimum absolute atomic E-state index is 0.410. The molecule has 0 radical (unpaired) electrons. The van der Waals surface area contributed by atoms with Crippen molar-refractivity contribution in [1.29, 1.82) is 0 Å². The third kappa shape index (κ3) is 3.90. The summed E-state index contributed by atoms with van der Waals surface area (Å²) in [5.74, 6) is 1.43. The molecule has 1 amide bonds. The minimum Gasteiger partial charge on any atom is -0.493 e. The second-order valence-corrected chi connectivity index (χ2v) is 6.42. The van der Waals surface area contributed by atoms with E-state index in [-0.39, 0.29) is 0 Å². The van der Waals surface area contributed by atoms with Crippen LogP contribution in [0.5, 0.6) is 17.2 Å². The topological polar surface area (TPSA) is 74.3 Å². The molecule has 0 aromatic heterocycles. The predicted molar refractivity (Wildman–Crippen MR) is 86.8 cm³/mol. The summed E-state index contributed by atoms with van der Waals surface area (Å²) in [4.78, 5) is 25.1. The van der Waals surface area contributed by atoms with E-state index >= 15 is 0 Å². The summed E-state index contributed by atoms with van der Waals surface area (Å²) in [6.07, 6.45) is 0.0860. The number of nitrogens with zero attached hydrogens (tertiary/aromatic N) is 1. The van der Waals surface area contributed by atoms with Gasteiger partial charge in [0.2, 0.25) is 5.75 Å². The fraction of sp³-hybridized carbons (Fsp3) is 0.529. The van der Waals surface area contributed by atoms with Crippen molar-refractivity contribution in [2.75, 3.05) is 27.4 Å². The third-order valence-corrected chi connectivity index (χ3v) is 3.42. The molecule has 1 aliphatic rings. The van der Waals surface area contributed by atoms with Crippen LogP contribution in [0, 0.1) is 0 Å². The first-order valence-corrected chi connectivity index (χ1v) is 7.65. The summed E-state index contributed by atoms with van der Waals surface area (Å²) < 4.78 is 21.7. The second-order valence-electron chi connectivity index (χ2n) is 6.42. The number of benzene rings is 1. The van der Waals surface area contributed by atoms with E-state index in [1.807, 2.05) is 0 Å². The van der Waals surface area contributed by atoms with Gasteiger partial charge in [-0.25, -0.2) is 4.79 Å². The Morgan fingerprint density at radius 2 is 1.96 bits per heavy atom. The van der Waals surface area contributed by atoms with E-state index in [9.17, 15) is 9.59 Å². The number of rotatable bonds is 4. The van der Waals surface area contributed by atoms with Crippen LogP contribution in [0.25, 0.3) is 0 Å². The second kappa shape index (κ2) is 6.98. The van der Waals surface area contributed by atoms with Gasteiger partial charge in [-0.2, -0.15) is 0 Å². The number of ether oxygens (including phenoxy) is 4. The molecule has 0 saturated carbocycles. The van der Waals surface area contributed by atoms with Gasteiger partial charge in [0.15, 0.2) is 11.5 Å². The van der Waals surface area contributed by atoms with E-state index in [4.69, 9.17) is 18.9 Å². The molecule has 1 aliphatic heterocycles. The van der Waals surface area contributed by atoms with E-state index in [0.717, 1.165) is 0 Å². The summed E-state index contributed by atoms with van der Waals surface area (Å²) in [5.41, 5.74) is -0.0945. The Balaban J connectivity index is 2.33. The highest BCUT2D eigenvalue weighted by Gasteiger charge is 2.29. The molecule has 0 N–H and O–H groups in total. The van der Waals surface area contributed by atoms with Crippen LogP contribution in [0.1, 0.15) is 32.4 Å². The summed E-state index contributed by atoms with van der Waals surface area (Å²) >= 11 is 0. The van der Waals surface area contributed by atoms with Gasteiger partial charge in [-0.1, -0.05) is 0 Å². The van der Waals surface area contributed by atoms with E-state index in [2.05, 4.69) is 0 Å². The fourth-order valence-corrected chi connectivity index (χ4v) is 2.31. The molecule has 24 heavy (non-hydrogen) atoms. The molecule has 1 unspecified atom stereocenters. The lowest BCUT2D eigenvalue weighted by Gasteiger charge is -2.29. The first kappa shape index (κ1) is 17.9. The Kier molecular flexibility index (Phi) is 5.21. The monoisotopic (exact) mass is 337 g/mol. The van der Waals surface area contributed by atoms with Crippen LogP contribution in [-0.4, -0.2) is 50.3 Å². The van der Waals surface area contributed by atoms with Gasteiger partial charge < -0.3 is 23.7 Å². The van der Waals surface area contributed by atoms with Gasteiger partial charge in [-0.3, -0.25) is 4.90 Å². The standard InChI is InChI=1S/C17H23NO6/c1-17(2,3)24-16(20)18(4)12(10-19)11-8-13(21-5)15-14(9-11)22-6-7-23-15/h8-10,12H,6-7H2,1-5H3. The average molecular weight is 337 g/mol. The zero-order chi connectivity index (χ0) is 17.9. The van der Waals surface area contributed by atoms with Crippen molar-refractivity contribution in [2.45, 2.75) is 32.4 Å². The number of carbonyl (C=O) groups is 2. The molecule has 1 aromatic carbocycles. The van der Waals surface area contributed by atoms with Crippen molar-refractivity contribution in [3.8, 4) is 17.2 Å². The van der Waals surface area contributed by atoms with Gasteiger partial charge >= 0.3 is 6.09 Å². The molecule has 1 atom stereocenters. The summed E-state index contributed by atoms with van der Waals surface area (Å²) in [6.45, 7) is 6.14. The zero-order valence-corrected chi connectivity index (χ0v) is 14.6. The summed E-state index contributed by atoms with van der Waals surface area (Å²) in [6, 6.07) is 2.51. The van der Waals surface area contributed by atoms with E-state index in [1.54, 1.807) is 32.9 Å². The normalized spacial score (nSPS) is 14.5. The molecule has 7 nitrogen and oxygen atoms in total. The predicted octanol–water partition coefficient (Wildman–Crippen LogP) is 2.57. The van der Waals surface area contributed by atoms with Gasteiger partial charge in [-0.05, 0) is 38.5 Å². The highest BCUT2D eigenvalue weighted by Crippen LogP contribution is 2.42. The molecule has 132 valence electrons. The quantitative estimate of drug-likeness (QED) is 0.786. The van der Waals surface area contributed by atoms with E-state index < -0.39 is 17.7 Å². The van der Waals surface area contributed by atoms with Crippen molar-refractivity contribution >= 4 is 12.4 Å². The Morgan fingerprint density at radius 1 is 1.29 bits per heavy atom. The lowest BCUT2D eigenvalue weighted by molar-refractivity contribution is -0.112. The molecule has 0 bridgehead atoms. The number of methoxy groups -OCH3 is 1. The lowest BCUT2D eigenvalue weighted by Crippen LogP contribution is -2.37. The SMILES string of the molecule is COc1cc(C(C=O)N(C)C(=O)OC(C)(C)C)cc2c1OCCO2. The fourth-order valence-electron chi connectivity index (χ4n) is 2.31. The van der Waals surface area contributed by atoms with Crippen LogP contribution in [0.4, 0.5) is 4.79 Å². The lowest BCUT2D eigenvalue weighted by atomic mass is 10.1. The maximum atomic E-state index is 12.2. The van der Waals surface area contributed by atoms with Crippen molar-refractivity contribution < 1.29 is 28.5 Å². The molecule has 1 aromatic rings. The Morgan fingerprint density at radius 3 is 2.54 bits per heavy atom. The van der Waals surface area contributed by atoms with Crippen LogP contribution < -0.4 is 14.2 Å². The van der Waals surface area contributed by atoms with Crippen molar-refractivity contribution in [1.82, 2.24) is 4.90 Å². The average Bonchev–Trinajstić information content (AvgIpc) is 2.53. The number of carbonyl (C=O) groups excluding carboxylic acids is 2. The first-order valence-electron chi connectivity index (χ1n) is 7.65. The van der Waals surface area contributed by atoms with Gasteiger partial charge in [0.05, 0.1) is 7.11 Å². The van der Waals surface area contributed by atoms with Gasteiger partial charge in [0.25, 0.3) is 0 Å². The molecule has 7 heteroatoms. The molecule has 1 heterocycles. The molecule has 0 aliphatic carbocycles. The number of aldehydes is 1. The third-order valence-electron chi connectivity index (χ3n) is 3.42. The molecule has 0 fully saturated rings. The largest absolute Gasteiger partial charge is 0.493 e. The highest BCUT2D eigenvalue weighted by molar-refractivity contribution is 5.75. The minimum atomic E-state index is -0.829. The van der Waals surface area contributed by atoms with Crippen LogP contribution in [0.3, 0.4) is 0 Å². The summed E-state index contributed by atoms with van der Waals surface area (Å²) in [5, 5.41) is 0. The first-order chi connectivity index (χ1) is 11.3. The maximum Gasteiger partial charge on any atom is 0.410 e.